The molecule has 1 N–H and O–H groups in total. The minimum absolute atomic E-state index is 0.253. The van der Waals surface area contributed by atoms with E-state index in [0.29, 0.717) is 12.2 Å². The van der Waals surface area contributed by atoms with Crippen LogP contribution in [0.25, 0.3) is 10.9 Å². The van der Waals surface area contributed by atoms with E-state index in [1.54, 1.807) is 0 Å². The molecule has 1 heterocycles. The Hall–Kier alpha value is -1.77. The summed E-state index contributed by atoms with van der Waals surface area (Å²) < 4.78 is 5.06. The highest BCUT2D eigenvalue weighted by atomic mass is 16.5. The van der Waals surface area contributed by atoms with Crippen molar-refractivity contribution in [1.29, 1.82) is 0 Å². The number of benzene rings is 1. The van der Waals surface area contributed by atoms with Gasteiger partial charge in [-0.1, -0.05) is 11.6 Å². The highest BCUT2D eigenvalue weighted by Gasteiger charge is 2.16. The first-order valence-electron chi connectivity index (χ1n) is 5.39. The summed E-state index contributed by atoms with van der Waals surface area (Å²) in [5, 5.41) is 0.941. The molecule has 1 aromatic carbocycles. The van der Waals surface area contributed by atoms with Gasteiger partial charge in [0.15, 0.2) is 0 Å². The monoisotopic (exact) mass is 217 g/mol. The van der Waals surface area contributed by atoms with Crippen LogP contribution in [0.1, 0.15) is 28.5 Å². The number of carbonyl (C=O) groups excluding carboxylic acids is 1. The van der Waals surface area contributed by atoms with Crippen molar-refractivity contribution in [3.8, 4) is 0 Å². The molecule has 0 bridgehead atoms. The predicted molar refractivity (Wildman–Crippen MR) is 63.7 cm³/mol. The van der Waals surface area contributed by atoms with Crippen LogP contribution in [-0.4, -0.2) is 17.6 Å². The van der Waals surface area contributed by atoms with Crippen LogP contribution in [0.4, 0.5) is 0 Å². The third-order valence-corrected chi connectivity index (χ3v) is 2.62. The second-order valence-electron chi connectivity index (χ2n) is 3.89. The van der Waals surface area contributed by atoms with Crippen molar-refractivity contribution in [2.24, 2.45) is 0 Å². The van der Waals surface area contributed by atoms with Crippen molar-refractivity contribution in [3.05, 3.63) is 35.0 Å². The molecule has 0 saturated heterocycles. The Morgan fingerprint density at radius 2 is 2.12 bits per heavy atom. The van der Waals surface area contributed by atoms with Gasteiger partial charge in [0.25, 0.3) is 0 Å². The number of aromatic amines is 1. The van der Waals surface area contributed by atoms with Crippen LogP contribution >= 0.6 is 0 Å². The Labute approximate surface area is 94.4 Å². The van der Waals surface area contributed by atoms with Gasteiger partial charge in [-0.2, -0.15) is 0 Å². The van der Waals surface area contributed by atoms with Crippen molar-refractivity contribution in [2.75, 3.05) is 6.61 Å². The Bertz CT molecular complexity index is 540. The predicted octanol–water partition coefficient (Wildman–Crippen LogP) is 2.96. The summed E-state index contributed by atoms with van der Waals surface area (Å²) in [6.45, 7) is 6.11. The van der Waals surface area contributed by atoms with Gasteiger partial charge in [-0.3, -0.25) is 0 Å². The lowest BCUT2D eigenvalue weighted by molar-refractivity contribution is 0.0528. The molecule has 0 aliphatic heterocycles. The number of H-pyrrole nitrogens is 1. The molecule has 3 heteroatoms. The van der Waals surface area contributed by atoms with Gasteiger partial charge in [0.1, 0.15) is 0 Å². The smallest absolute Gasteiger partial charge is 0.340 e. The summed E-state index contributed by atoms with van der Waals surface area (Å²) in [4.78, 5) is 15.0. The molecular weight excluding hydrogens is 202 g/mol. The fourth-order valence-corrected chi connectivity index (χ4v) is 1.91. The van der Waals surface area contributed by atoms with E-state index in [4.69, 9.17) is 4.74 Å². The van der Waals surface area contributed by atoms with Gasteiger partial charge in [0, 0.05) is 16.6 Å². The summed E-state index contributed by atoms with van der Waals surface area (Å²) in [6, 6.07) is 6.01. The quantitative estimate of drug-likeness (QED) is 0.786. The van der Waals surface area contributed by atoms with E-state index in [-0.39, 0.29) is 5.97 Å². The van der Waals surface area contributed by atoms with Crippen molar-refractivity contribution in [3.63, 3.8) is 0 Å². The fraction of sp³-hybridized carbons (Fsp3) is 0.308. The van der Waals surface area contributed by atoms with Crippen LogP contribution in [0.3, 0.4) is 0 Å². The largest absolute Gasteiger partial charge is 0.462 e. The molecule has 0 spiro atoms. The molecule has 2 rings (SSSR count). The number of nitrogens with one attached hydrogen (secondary N) is 1. The van der Waals surface area contributed by atoms with Gasteiger partial charge in [-0.15, -0.1) is 0 Å². The van der Waals surface area contributed by atoms with Gasteiger partial charge in [0.2, 0.25) is 0 Å². The number of rotatable bonds is 2. The second-order valence-corrected chi connectivity index (χ2v) is 3.89. The molecule has 0 unspecified atom stereocenters. The molecule has 0 aliphatic rings. The molecule has 0 saturated carbocycles. The number of aryl methyl sites for hydroxylation is 2. The van der Waals surface area contributed by atoms with E-state index < -0.39 is 0 Å². The van der Waals surface area contributed by atoms with Crippen LogP contribution in [-0.2, 0) is 4.74 Å². The molecule has 0 amide bonds. The summed E-state index contributed by atoms with van der Waals surface area (Å²) in [5.41, 5.74) is 3.63. The summed E-state index contributed by atoms with van der Waals surface area (Å²) in [7, 11) is 0. The maximum absolute atomic E-state index is 11.8. The average Bonchev–Trinajstić information content (AvgIpc) is 2.53. The van der Waals surface area contributed by atoms with E-state index in [2.05, 4.69) is 4.98 Å². The number of esters is 1. The van der Waals surface area contributed by atoms with Crippen LogP contribution in [0.2, 0.25) is 0 Å². The van der Waals surface area contributed by atoms with Gasteiger partial charge in [0.05, 0.1) is 12.2 Å². The molecule has 0 aliphatic carbocycles. The van der Waals surface area contributed by atoms with E-state index in [0.717, 1.165) is 22.2 Å². The van der Waals surface area contributed by atoms with Crippen LogP contribution in [0.5, 0.6) is 0 Å². The zero-order chi connectivity index (χ0) is 11.7. The number of hydrogen-bond acceptors (Lipinski definition) is 2. The minimum atomic E-state index is -0.253. The number of fused-ring (bicyclic) bond motifs is 1. The zero-order valence-electron chi connectivity index (χ0n) is 9.76. The SMILES string of the molecule is CCOC(=O)c1c(C)[nH]c2ccc(C)cc12. The lowest BCUT2D eigenvalue weighted by Crippen LogP contribution is -2.05. The summed E-state index contributed by atoms with van der Waals surface area (Å²) in [5.74, 6) is -0.253. The second kappa shape index (κ2) is 4.00. The Balaban J connectivity index is 2.62. The molecular formula is C13H15NO2. The van der Waals surface area contributed by atoms with E-state index >= 15 is 0 Å². The van der Waals surface area contributed by atoms with Crippen LogP contribution in [0, 0.1) is 13.8 Å². The molecule has 3 nitrogen and oxygen atoms in total. The topological polar surface area (TPSA) is 42.1 Å². The molecule has 2 aromatic rings. The minimum Gasteiger partial charge on any atom is -0.462 e. The molecule has 1 aromatic heterocycles. The van der Waals surface area contributed by atoms with E-state index in [9.17, 15) is 4.79 Å². The van der Waals surface area contributed by atoms with Gasteiger partial charge >= 0.3 is 5.97 Å². The van der Waals surface area contributed by atoms with Crippen LogP contribution < -0.4 is 0 Å². The molecule has 0 fully saturated rings. The number of carbonyl (C=O) groups is 1. The third-order valence-electron chi connectivity index (χ3n) is 2.62. The first-order valence-corrected chi connectivity index (χ1v) is 5.39. The number of ether oxygens (including phenoxy) is 1. The maximum atomic E-state index is 11.8. The van der Waals surface area contributed by atoms with Gasteiger partial charge in [-0.25, -0.2) is 4.79 Å². The highest BCUT2D eigenvalue weighted by Crippen LogP contribution is 2.23. The Morgan fingerprint density at radius 1 is 1.38 bits per heavy atom. The van der Waals surface area contributed by atoms with Crippen molar-refractivity contribution >= 4 is 16.9 Å². The van der Waals surface area contributed by atoms with E-state index in [1.165, 1.54) is 0 Å². The molecule has 0 radical (unpaired) electrons. The first-order chi connectivity index (χ1) is 7.63. The fourth-order valence-electron chi connectivity index (χ4n) is 1.91. The standard InChI is InChI=1S/C13H15NO2/c1-4-16-13(15)12-9(3)14-11-6-5-8(2)7-10(11)12/h5-7,14H,4H2,1-3H3. The lowest BCUT2D eigenvalue weighted by atomic mass is 10.1. The third kappa shape index (κ3) is 1.69. The Morgan fingerprint density at radius 3 is 2.81 bits per heavy atom. The number of aromatic nitrogens is 1. The van der Waals surface area contributed by atoms with E-state index in [1.807, 2.05) is 39.0 Å². The number of hydrogen-bond donors (Lipinski definition) is 1. The normalized spacial score (nSPS) is 10.7. The van der Waals surface area contributed by atoms with Crippen LogP contribution in [0.15, 0.2) is 18.2 Å². The highest BCUT2D eigenvalue weighted by molar-refractivity contribution is 6.05. The average molecular weight is 217 g/mol. The maximum Gasteiger partial charge on any atom is 0.340 e. The molecule has 0 atom stereocenters. The van der Waals surface area contributed by atoms with Crippen molar-refractivity contribution in [2.45, 2.75) is 20.8 Å². The van der Waals surface area contributed by atoms with Gasteiger partial charge in [-0.05, 0) is 32.9 Å². The first kappa shape index (κ1) is 10.7. The molecule has 84 valence electrons. The zero-order valence-corrected chi connectivity index (χ0v) is 9.76. The van der Waals surface area contributed by atoms with Gasteiger partial charge < -0.3 is 9.72 Å². The summed E-state index contributed by atoms with van der Waals surface area (Å²) in [6.07, 6.45) is 0. The van der Waals surface area contributed by atoms with Crippen molar-refractivity contribution in [1.82, 2.24) is 4.98 Å². The Kier molecular flexibility index (Phi) is 2.69. The summed E-state index contributed by atoms with van der Waals surface area (Å²) >= 11 is 0. The van der Waals surface area contributed by atoms with Crippen molar-refractivity contribution < 1.29 is 9.53 Å². The lowest BCUT2D eigenvalue weighted by Gasteiger charge is -2.01. The molecule has 16 heavy (non-hydrogen) atoms.